The molecule has 0 unspecified atom stereocenters. The fourth-order valence-electron chi connectivity index (χ4n) is 2.35. The zero-order valence-electron chi connectivity index (χ0n) is 14.6. The second-order valence-corrected chi connectivity index (χ2v) is 5.53. The summed E-state index contributed by atoms with van der Waals surface area (Å²) < 4.78 is 20.9. The Morgan fingerprint density at radius 2 is 1.93 bits per heavy atom. The molecular formula is C18H16N2O7. The summed E-state index contributed by atoms with van der Waals surface area (Å²) in [6, 6.07) is 10.3. The fourth-order valence-corrected chi connectivity index (χ4v) is 2.35. The molecule has 0 N–H and O–H groups in total. The van der Waals surface area contributed by atoms with E-state index >= 15 is 0 Å². The number of rotatable bonds is 6. The second kappa shape index (κ2) is 7.73. The first-order chi connectivity index (χ1) is 13.0. The van der Waals surface area contributed by atoms with E-state index in [9.17, 15) is 14.4 Å². The van der Waals surface area contributed by atoms with Crippen LogP contribution in [0.2, 0.25) is 0 Å². The van der Waals surface area contributed by atoms with Gasteiger partial charge in [-0.3, -0.25) is 4.79 Å². The molecule has 0 fully saturated rings. The minimum atomic E-state index is -0.771. The van der Waals surface area contributed by atoms with E-state index in [1.807, 2.05) is 6.07 Å². The predicted molar refractivity (Wildman–Crippen MR) is 90.8 cm³/mol. The van der Waals surface area contributed by atoms with Gasteiger partial charge in [0.1, 0.15) is 30.2 Å². The Hall–Kier alpha value is -3.62. The number of hydrogen-bond donors (Lipinski definition) is 0. The molecule has 0 saturated heterocycles. The lowest BCUT2D eigenvalue weighted by molar-refractivity contribution is -0.146. The number of furan rings is 1. The van der Waals surface area contributed by atoms with Gasteiger partial charge in [-0.2, -0.15) is 4.68 Å². The summed E-state index contributed by atoms with van der Waals surface area (Å²) in [5.74, 6) is -1.28. The van der Waals surface area contributed by atoms with Crippen molar-refractivity contribution >= 4 is 11.9 Å². The van der Waals surface area contributed by atoms with Crippen LogP contribution in [0.4, 0.5) is 0 Å². The van der Waals surface area contributed by atoms with Crippen LogP contribution in [0.1, 0.15) is 21.9 Å². The van der Waals surface area contributed by atoms with Gasteiger partial charge >= 0.3 is 17.7 Å². The molecule has 0 radical (unpaired) electrons. The van der Waals surface area contributed by atoms with E-state index in [0.717, 1.165) is 4.68 Å². The SMILES string of the molecule is COC(=O)c1cc(COC(=O)Cn2nc(-c3ccccc3)oc2=O)oc1C. The van der Waals surface area contributed by atoms with Crippen molar-refractivity contribution in [2.75, 3.05) is 7.11 Å². The first-order valence-electron chi connectivity index (χ1n) is 7.94. The number of aromatic nitrogens is 2. The van der Waals surface area contributed by atoms with Gasteiger partial charge in [-0.05, 0) is 25.1 Å². The standard InChI is InChI=1S/C18H16N2O7/c1-11-14(17(22)24-2)8-13(26-11)10-25-15(21)9-20-18(23)27-16(19-20)12-6-4-3-5-7-12/h3-8H,9-10H2,1-2H3. The maximum absolute atomic E-state index is 12.0. The van der Waals surface area contributed by atoms with E-state index in [2.05, 4.69) is 9.84 Å². The summed E-state index contributed by atoms with van der Waals surface area (Å²) >= 11 is 0. The van der Waals surface area contributed by atoms with Gasteiger partial charge in [-0.25, -0.2) is 9.59 Å². The highest BCUT2D eigenvalue weighted by atomic mass is 16.5. The lowest BCUT2D eigenvalue weighted by Gasteiger charge is -2.01. The third kappa shape index (κ3) is 4.14. The summed E-state index contributed by atoms with van der Waals surface area (Å²) in [6.45, 7) is 0.977. The molecule has 0 saturated carbocycles. The Balaban J connectivity index is 1.63. The van der Waals surface area contributed by atoms with E-state index in [4.69, 9.17) is 13.6 Å². The van der Waals surface area contributed by atoms with Crippen molar-refractivity contribution in [3.05, 3.63) is 64.0 Å². The van der Waals surface area contributed by atoms with Crippen molar-refractivity contribution in [2.45, 2.75) is 20.1 Å². The van der Waals surface area contributed by atoms with E-state index < -0.39 is 24.2 Å². The van der Waals surface area contributed by atoms with Crippen LogP contribution in [0, 0.1) is 6.92 Å². The molecule has 140 valence electrons. The van der Waals surface area contributed by atoms with Crippen LogP contribution < -0.4 is 5.76 Å². The van der Waals surface area contributed by atoms with Gasteiger partial charge in [0.05, 0.1) is 7.11 Å². The Morgan fingerprint density at radius 1 is 1.19 bits per heavy atom. The quantitative estimate of drug-likeness (QED) is 0.603. The van der Waals surface area contributed by atoms with Crippen molar-refractivity contribution in [3.63, 3.8) is 0 Å². The molecule has 0 spiro atoms. The molecule has 9 heteroatoms. The highest BCUT2D eigenvalue weighted by Gasteiger charge is 2.17. The van der Waals surface area contributed by atoms with Crippen molar-refractivity contribution in [3.8, 4) is 11.5 Å². The number of methoxy groups -OCH3 is 1. The van der Waals surface area contributed by atoms with Crippen LogP contribution in [-0.4, -0.2) is 28.8 Å². The molecule has 27 heavy (non-hydrogen) atoms. The van der Waals surface area contributed by atoms with Gasteiger partial charge in [-0.1, -0.05) is 18.2 Å². The van der Waals surface area contributed by atoms with Gasteiger partial charge in [-0.15, -0.1) is 5.10 Å². The molecule has 3 aromatic rings. The summed E-state index contributed by atoms with van der Waals surface area (Å²) in [4.78, 5) is 35.3. The first-order valence-corrected chi connectivity index (χ1v) is 7.94. The van der Waals surface area contributed by atoms with Crippen LogP contribution in [0.25, 0.3) is 11.5 Å². The maximum Gasteiger partial charge on any atom is 0.437 e. The van der Waals surface area contributed by atoms with Gasteiger partial charge in [0, 0.05) is 5.56 Å². The third-order valence-corrected chi connectivity index (χ3v) is 3.66. The average Bonchev–Trinajstić information content (AvgIpc) is 3.23. The van der Waals surface area contributed by atoms with Gasteiger partial charge in [0.2, 0.25) is 5.89 Å². The van der Waals surface area contributed by atoms with E-state index in [1.165, 1.54) is 13.2 Å². The molecular weight excluding hydrogens is 356 g/mol. The van der Waals surface area contributed by atoms with Crippen molar-refractivity contribution < 1.29 is 27.9 Å². The first kappa shape index (κ1) is 18.2. The smallest absolute Gasteiger partial charge is 0.437 e. The summed E-state index contributed by atoms with van der Waals surface area (Å²) in [7, 11) is 1.26. The van der Waals surface area contributed by atoms with Crippen molar-refractivity contribution in [1.82, 2.24) is 9.78 Å². The second-order valence-electron chi connectivity index (χ2n) is 5.53. The molecule has 0 aliphatic rings. The van der Waals surface area contributed by atoms with Gasteiger partial charge < -0.3 is 18.3 Å². The average molecular weight is 372 g/mol. The summed E-state index contributed by atoms with van der Waals surface area (Å²) in [6.07, 6.45) is 0. The van der Waals surface area contributed by atoms with Crippen LogP contribution >= 0.6 is 0 Å². The summed E-state index contributed by atoms with van der Waals surface area (Å²) in [5, 5.41) is 3.98. The Bertz CT molecular complexity index is 1010. The van der Waals surface area contributed by atoms with Gasteiger partial charge in [0.25, 0.3) is 0 Å². The van der Waals surface area contributed by atoms with Crippen molar-refractivity contribution in [1.29, 1.82) is 0 Å². The minimum Gasteiger partial charge on any atom is -0.465 e. The number of aryl methyl sites for hydroxylation is 1. The minimum absolute atomic E-state index is 0.109. The number of nitrogens with zero attached hydrogens (tertiary/aromatic N) is 2. The van der Waals surface area contributed by atoms with Crippen LogP contribution in [-0.2, 0) is 27.4 Å². The van der Waals surface area contributed by atoms with Crippen LogP contribution in [0.15, 0.2) is 50.0 Å². The molecule has 0 atom stereocenters. The Kier molecular flexibility index (Phi) is 5.20. The molecule has 2 aromatic heterocycles. The molecule has 2 heterocycles. The van der Waals surface area contributed by atoms with Crippen LogP contribution in [0.3, 0.4) is 0 Å². The third-order valence-electron chi connectivity index (χ3n) is 3.66. The topological polar surface area (TPSA) is 114 Å². The van der Waals surface area contributed by atoms with Crippen LogP contribution in [0.5, 0.6) is 0 Å². The molecule has 0 amide bonds. The number of carbonyl (C=O) groups excluding carboxylic acids is 2. The maximum atomic E-state index is 12.0. The molecule has 0 bridgehead atoms. The zero-order valence-corrected chi connectivity index (χ0v) is 14.6. The predicted octanol–water partition coefficient (Wildman–Crippen LogP) is 1.93. The highest BCUT2D eigenvalue weighted by Crippen LogP contribution is 2.17. The number of hydrogen-bond acceptors (Lipinski definition) is 8. The molecule has 3 rings (SSSR count). The number of benzene rings is 1. The van der Waals surface area contributed by atoms with Crippen molar-refractivity contribution in [2.24, 2.45) is 0 Å². The molecule has 0 aliphatic heterocycles. The summed E-state index contributed by atoms with van der Waals surface area (Å²) in [5.41, 5.74) is 0.867. The van der Waals surface area contributed by atoms with Gasteiger partial charge in [0.15, 0.2) is 0 Å². The molecule has 1 aromatic carbocycles. The lowest BCUT2D eigenvalue weighted by atomic mass is 10.2. The molecule has 9 nitrogen and oxygen atoms in total. The number of ether oxygens (including phenoxy) is 2. The van der Waals surface area contributed by atoms with E-state index in [-0.39, 0.29) is 23.8 Å². The highest BCUT2D eigenvalue weighted by molar-refractivity contribution is 5.90. The molecule has 0 aliphatic carbocycles. The monoisotopic (exact) mass is 372 g/mol. The number of carbonyl (C=O) groups is 2. The number of esters is 2. The zero-order chi connectivity index (χ0) is 19.4. The Labute approximate surface area is 153 Å². The fraction of sp³-hybridized carbons (Fsp3) is 0.222. The largest absolute Gasteiger partial charge is 0.465 e. The normalized spacial score (nSPS) is 10.6. The lowest BCUT2D eigenvalue weighted by Crippen LogP contribution is -2.22. The van der Waals surface area contributed by atoms with E-state index in [1.54, 1.807) is 31.2 Å². The Morgan fingerprint density at radius 3 is 2.63 bits per heavy atom. The van der Waals surface area contributed by atoms with E-state index in [0.29, 0.717) is 11.3 Å².